The first-order valence-corrected chi connectivity index (χ1v) is 22.8. The summed E-state index contributed by atoms with van der Waals surface area (Å²) in [6.07, 6.45) is 3.83. The lowest BCUT2D eigenvalue weighted by atomic mass is 10.2. The molecular formula is C43H53NP2Si. The fourth-order valence-electron chi connectivity index (χ4n) is 6.99. The normalized spacial score (nSPS) is 11.8. The largest absolute Gasteiger partial charge is 0.313 e. The Morgan fingerprint density at radius 1 is 0.404 bits per heavy atom. The van der Waals surface area contributed by atoms with Crippen LogP contribution in [-0.2, 0) is 0 Å². The fourth-order valence-corrected chi connectivity index (χ4v) is 18.2. The Hall–Kier alpha value is -3.02. The molecule has 0 spiro atoms. The Kier molecular flexibility index (Phi) is 12.3. The Morgan fingerprint density at radius 3 is 0.936 bits per heavy atom. The van der Waals surface area contributed by atoms with E-state index in [-0.39, 0.29) is 0 Å². The molecule has 5 aromatic carbocycles. The molecule has 0 radical (unpaired) electrons. The maximum Gasteiger partial charge on any atom is 0.0866 e. The van der Waals surface area contributed by atoms with Crippen LogP contribution in [0.15, 0.2) is 121 Å². The third-order valence-electron chi connectivity index (χ3n) is 9.39. The van der Waals surface area contributed by atoms with Gasteiger partial charge in [0, 0.05) is 26.9 Å². The third kappa shape index (κ3) is 8.35. The molecule has 0 aliphatic heterocycles. The molecule has 0 heterocycles. The van der Waals surface area contributed by atoms with Crippen LogP contribution in [0.5, 0.6) is 0 Å². The molecular weight excluding hydrogens is 621 g/mol. The summed E-state index contributed by atoms with van der Waals surface area (Å²) >= 11 is 0. The predicted molar refractivity (Wildman–Crippen MR) is 217 cm³/mol. The molecule has 0 saturated carbocycles. The second-order valence-electron chi connectivity index (χ2n) is 13.3. The van der Waals surface area contributed by atoms with Crippen molar-refractivity contribution in [2.75, 3.05) is 4.44 Å². The van der Waals surface area contributed by atoms with Gasteiger partial charge >= 0.3 is 0 Å². The van der Waals surface area contributed by atoms with Gasteiger partial charge in [0.2, 0.25) is 0 Å². The van der Waals surface area contributed by atoms with E-state index in [4.69, 9.17) is 0 Å². The molecule has 5 aromatic rings. The zero-order chi connectivity index (χ0) is 33.4. The van der Waals surface area contributed by atoms with Gasteiger partial charge in [-0.1, -0.05) is 195 Å². The third-order valence-corrected chi connectivity index (χ3v) is 20.8. The molecule has 0 fully saturated rings. The van der Waals surface area contributed by atoms with Crippen LogP contribution in [0.4, 0.5) is 5.69 Å². The molecule has 4 heteroatoms. The van der Waals surface area contributed by atoms with Gasteiger partial charge in [-0.3, -0.25) is 0 Å². The zero-order valence-electron chi connectivity index (χ0n) is 29.6. The van der Waals surface area contributed by atoms with Crippen molar-refractivity contribution in [1.29, 1.82) is 0 Å². The second kappa shape index (κ2) is 16.4. The monoisotopic (exact) mass is 673 g/mol. The first-order valence-electron chi connectivity index (χ1n) is 17.6. The molecule has 0 atom stereocenters. The van der Waals surface area contributed by atoms with Gasteiger partial charge in [0.05, 0.1) is 24.2 Å². The van der Waals surface area contributed by atoms with Gasteiger partial charge < -0.3 is 4.44 Å². The summed E-state index contributed by atoms with van der Waals surface area (Å²) < 4.78 is 2.84. The lowest BCUT2D eigenvalue weighted by Crippen LogP contribution is -2.47. The fraction of sp³-hybridized carbons (Fsp3) is 0.302. The number of anilines is 1. The van der Waals surface area contributed by atoms with Crippen molar-refractivity contribution in [3.05, 3.63) is 144 Å². The van der Waals surface area contributed by atoms with Crippen LogP contribution >= 0.6 is 16.1 Å². The van der Waals surface area contributed by atoms with Crippen LogP contribution in [0.1, 0.15) is 62.3 Å². The molecule has 5 rings (SSSR count). The van der Waals surface area contributed by atoms with E-state index >= 15 is 0 Å². The van der Waals surface area contributed by atoms with Crippen molar-refractivity contribution in [2.45, 2.75) is 85.9 Å². The van der Waals surface area contributed by atoms with Crippen molar-refractivity contribution >= 4 is 56.3 Å². The van der Waals surface area contributed by atoms with Gasteiger partial charge in [-0.15, -0.1) is 0 Å². The highest BCUT2D eigenvalue weighted by molar-refractivity contribution is 7.90. The van der Waals surface area contributed by atoms with Gasteiger partial charge in [-0.25, -0.2) is 0 Å². The number of aryl methyl sites for hydroxylation is 4. The Bertz CT molecular complexity index is 1480. The molecule has 0 N–H and O–H groups in total. The van der Waals surface area contributed by atoms with Crippen LogP contribution in [0.2, 0.25) is 18.1 Å². The van der Waals surface area contributed by atoms with Gasteiger partial charge in [0.1, 0.15) is 0 Å². The maximum absolute atomic E-state index is 2.84. The quantitative estimate of drug-likeness (QED) is 0.0838. The van der Waals surface area contributed by atoms with Crippen molar-refractivity contribution in [2.24, 2.45) is 0 Å². The lowest BCUT2D eigenvalue weighted by molar-refractivity contribution is 0.937. The minimum atomic E-state index is -1.57. The molecule has 0 unspecified atom stereocenters. The molecule has 0 aromatic heterocycles. The van der Waals surface area contributed by atoms with Crippen LogP contribution in [0.3, 0.4) is 0 Å². The molecule has 0 bridgehead atoms. The molecule has 0 aliphatic carbocycles. The summed E-state index contributed by atoms with van der Waals surface area (Å²) in [5.74, 6) is 0. The molecule has 1 nitrogen and oxygen atoms in total. The van der Waals surface area contributed by atoms with E-state index in [0.717, 1.165) is 0 Å². The summed E-state index contributed by atoms with van der Waals surface area (Å²) in [4.78, 5) is 0. The van der Waals surface area contributed by atoms with Crippen LogP contribution < -0.4 is 30.8 Å². The average Bonchev–Trinajstić information content (AvgIpc) is 3.08. The van der Waals surface area contributed by atoms with E-state index in [0.29, 0.717) is 0 Å². The molecule has 0 saturated heterocycles. The summed E-state index contributed by atoms with van der Waals surface area (Å²) in [6, 6.07) is 51.6. The SMILES string of the molecule is CCC[Si](CCC)(CCC)c1ccc(N(P(c2ccc(C)cc2)c2ccc(C)cc2)P(c2ccc(C)cc2)c2ccc(C)cc2)cc1. The van der Waals surface area contributed by atoms with Crippen molar-refractivity contribution in [3.63, 3.8) is 0 Å². The number of hydrogen-bond donors (Lipinski definition) is 0. The van der Waals surface area contributed by atoms with Crippen molar-refractivity contribution in [1.82, 2.24) is 0 Å². The molecule has 47 heavy (non-hydrogen) atoms. The first kappa shape index (κ1) is 35.3. The minimum Gasteiger partial charge on any atom is -0.313 e. The highest BCUT2D eigenvalue weighted by atomic mass is 31.2. The summed E-state index contributed by atoms with van der Waals surface area (Å²) in [6.45, 7) is 15.9. The molecule has 244 valence electrons. The van der Waals surface area contributed by atoms with E-state index in [1.165, 1.54) is 86.6 Å². The van der Waals surface area contributed by atoms with E-state index in [1.54, 1.807) is 5.19 Å². The number of rotatable bonds is 14. The van der Waals surface area contributed by atoms with Crippen molar-refractivity contribution in [3.8, 4) is 0 Å². The minimum absolute atomic E-state index is 0.902. The highest BCUT2D eigenvalue weighted by Gasteiger charge is 2.35. The summed E-state index contributed by atoms with van der Waals surface area (Å²) in [5.41, 5.74) is 6.51. The van der Waals surface area contributed by atoms with E-state index in [2.05, 4.69) is 174 Å². The van der Waals surface area contributed by atoms with Gasteiger partial charge in [0.15, 0.2) is 0 Å². The van der Waals surface area contributed by atoms with Crippen LogP contribution in [0.25, 0.3) is 0 Å². The van der Waals surface area contributed by atoms with E-state index in [1.807, 2.05) is 0 Å². The zero-order valence-corrected chi connectivity index (χ0v) is 32.4. The molecule has 0 aliphatic rings. The molecule has 0 amide bonds. The van der Waals surface area contributed by atoms with E-state index < -0.39 is 24.2 Å². The summed E-state index contributed by atoms with van der Waals surface area (Å²) in [7, 11) is -3.38. The Balaban J connectivity index is 1.78. The average molecular weight is 674 g/mol. The number of benzene rings is 5. The summed E-state index contributed by atoms with van der Waals surface area (Å²) in [5, 5.41) is 7.19. The van der Waals surface area contributed by atoms with E-state index in [9.17, 15) is 0 Å². The van der Waals surface area contributed by atoms with Crippen LogP contribution in [-0.4, -0.2) is 8.07 Å². The first-order chi connectivity index (χ1) is 22.8. The van der Waals surface area contributed by atoms with Gasteiger partial charge in [-0.05, 0) is 39.8 Å². The van der Waals surface area contributed by atoms with Crippen LogP contribution in [0, 0.1) is 27.7 Å². The van der Waals surface area contributed by atoms with Gasteiger partial charge in [0.25, 0.3) is 0 Å². The highest BCUT2D eigenvalue weighted by Crippen LogP contribution is 2.57. The number of nitrogens with zero attached hydrogens (tertiary/aromatic N) is 1. The number of hydrogen-bond acceptors (Lipinski definition) is 1. The topological polar surface area (TPSA) is 3.24 Å². The smallest absolute Gasteiger partial charge is 0.0866 e. The van der Waals surface area contributed by atoms with Crippen molar-refractivity contribution < 1.29 is 0 Å². The Labute approximate surface area is 289 Å². The van der Waals surface area contributed by atoms with Gasteiger partial charge in [-0.2, -0.15) is 0 Å². The Morgan fingerprint density at radius 2 is 0.681 bits per heavy atom. The standard InChI is InChI=1S/C43H53NP2Si/c1-8-31-47(32-9-2,33-10-3)43-29-19-38(20-30-43)44(45(39-21-11-34(4)12-22-39)40-23-13-35(5)14-24-40)46(41-25-15-36(6)16-26-41)42-27-17-37(7)18-28-42/h11-30H,8-10,31-33H2,1-7H3. The maximum atomic E-state index is 2.84. The second-order valence-corrected chi connectivity index (χ2v) is 22.4. The lowest BCUT2D eigenvalue weighted by Gasteiger charge is -2.41. The predicted octanol–water partition coefficient (Wildman–Crippen LogP) is 10.7.